The number of aromatic nitrogens is 4. The van der Waals surface area contributed by atoms with E-state index in [4.69, 9.17) is 0 Å². The lowest BCUT2D eigenvalue weighted by atomic mass is 9.97. The highest BCUT2D eigenvalue weighted by molar-refractivity contribution is 5.83. The van der Waals surface area contributed by atoms with E-state index in [-0.39, 0.29) is 0 Å². The molecule has 0 unspecified atom stereocenters. The fourth-order valence-corrected chi connectivity index (χ4v) is 2.84. The average Bonchev–Trinajstić information content (AvgIpc) is 2.89. The van der Waals surface area contributed by atoms with Crippen molar-refractivity contribution in [2.24, 2.45) is 0 Å². The minimum Gasteiger partial charge on any atom is -0.365 e. The van der Waals surface area contributed by atoms with E-state index in [0.717, 1.165) is 11.3 Å². The molecule has 2 heterocycles. The summed E-state index contributed by atoms with van der Waals surface area (Å²) in [5, 5.41) is 6.58. The molecule has 3 rings (SSSR count). The first-order chi connectivity index (χ1) is 9.86. The minimum absolute atomic E-state index is 0.501. The van der Waals surface area contributed by atoms with Crippen LogP contribution in [-0.4, -0.2) is 33.0 Å². The number of nitrogens with zero attached hydrogens (tertiary/aromatic N) is 3. The number of H-pyrrole nitrogens is 1. The molecule has 2 aromatic rings. The third kappa shape index (κ3) is 2.84. The highest BCUT2D eigenvalue weighted by atomic mass is 15.2. The molecular formula is C14H22N6. The lowest BCUT2D eigenvalue weighted by Gasteiger charge is -2.21. The predicted molar refractivity (Wildman–Crippen MR) is 81.0 cm³/mol. The second kappa shape index (κ2) is 6.07. The lowest BCUT2D eigenvalue weighted by Crippen LogP contribution is -2.21. The molecule has 1 fully saturated rings. The van der Waals surface area contributed by atoms with E-state index in [1.54, 1.807) is 6.33 Å². The van der Waals surface area contributed by atoms with Crippen LogP contribution in [0.1, 0.15) is 44.9 Å². The molecule has 20 heavy (non-hydrogen) atoms. The van der Waals surface area contributed by atoms with Crippen molar-refractivity contribution in [3.05, 3.63) is 6.33 Å². The fourth-order valence-electron chi connectivity index (χ4n) is 2.84. The average molecular weight is 274 g/mol. The van der Waals surface area contributed by atoms with Crippen molar-refractivity contribution in [1.82, 2.24) is 19.9 Å². The van der Waals surface area contributed by atoms with Gasteiger partial charge in [-0.25, -0.2) is 4.98 Å². The normalized spacial score (nSPS) is 17.6. The standard InChI is InChI=1S/C14H22N6/c1-15-14-19-12-11(16-9-17-12)13(20-14)18-10-7-5-3-2-4-6-8-10/h9-10H,2-8H2,1H3,(H3,15,16,17,18,19,20). The number of rotatable bonds is 3. The molecule has 0 saturated heterocycles. The summed E-state index contributed by atoms with van der Waals surface area (Å²) in [6, 6.07) is 0.501. The van der Waals surface area contributed by atoms with E-state index in [1.807, 2.05) is 7.05 Å². The van der Waals surface area contributed by atoms with E-state index in [2.05, 4.69) is 30.6 Å². The zero-order chi connectivity index (χ0) is 13.8. The first-order valence-corrected chi connectivity index (χ1v) is 7.52. The molecule has 0 radical (unpaired) electrons. The lowest BCUT2D eigenvalue weighted by molar-refractivity contribution is 0.471. The Labute approximate surface area is 118 Å². The second-order valence-corrected chi connectivity index (χ2v) is 5.43. The van der Waals surface area contributed by atoms with E-state index in [0.29, 0.717) is 17.6 Å². The van der Waals surface area contributed by atoms with Gasteiger partial charge in [-0.3, -0.25) is 0 Å². The van der Waals surface area contributed by atoms with Crippen LogP contribution >= 0.6 is 0 Å². The Hall–Kier alpha value is -1.85. The monoisotopic (exact) mass is 274 g/mol. The molecule has 0 atom stereocenters. The number of hydrogen-bond donors (Lipinski definition) is 3. The van der Waals surface area contributed by atoms with Gasteiger partial charge >= 0.3 is 0 Å². The van der Waals surface area contributed by atoms with Gasteiger partial charge < -0.3 is 15.6 Å². The minimum atomic E-state index is 0.501. The quantitative estimate of drug-likeness (QED) is 0.802. The molecule has 0 aliphatic heterocycles. The van der Waals surface area contributed by atoms with Crippen LogP contribution in [0.4, 0.5) is 11.8 Å². The first-order valence-electron chi connectivity index (χ1n) is 7.52. The van der Waals surface area contributed by atoms with Crippen LogP contribution in [0.3, 0.4) is 0 Å². The SMILES string of the molecule is CNc1nc(NC2CCCCCCC2)c2[nH]cnc2n1. The van der Waals surface area contributed by atoms with Gasteiger partial charge in [0.1, 0.15) is 5.52 Å². The highest BCUT2D eigenvalue weighted by Crippen LogP contribution is 2.24. The predicted octanol–water partition coefficient (Wildman–Crippen LogP) is 2.92. The zero-order valence-electron chi connectivity index (χ0n) is 11.9. The summed E-state index contributed by atoms with van der Waals surface area (Å²) in [7, 11) is 1.83. The van der Waals surface area contributed by atoms with Crippen molar-refractivity contribution in [1.29, 1.82) is 0 Å². The molecule has 108 valence electrons. The van der Waals surface area contributed by atoms with Crippen molar-refractivity contribution in [3.8, 4) is 0 Å². The number of fused-ring (bicyclic) bond motifs is 1. The molecule has 3 N–H and O–H groups in total. The van der Waals surface area contributed by atoms with Gasteiger partial charge in [0, 0.05) is 13.1 Å². The van der Waals surface area contributed by atoms with Gasteiger partial charge in [0.15, 0.2) is 11.5 Å². The number of nitrogens with one attached hydrogen (secondary N) is 3. The molecule has 0 amide bonds. The van der Waals surface area contributed by atoms with Crippen molar-refractivity contribution in [2.75, 3.05) is 17.7 Å². The number of hydrogen-bond acceptors (Lipinski definition) is 5. The molecule has 2 aromatic heterocycles. The van der Waals surface area contributed by atoms with E-state index in [1.165, 1.54) is 44.9 Å². The molecule has 0 aromatic carbocycles. The number of anilines is 2. The summed E-state index contributed by atoms with van der Waals surface area (Å²) in [6.45, 7) is 0. The molecule has 1 aliphatic carbocycles. The Bertz CT molecular complexity index is 556. The smallest absolute Gasteiger partial charge is 0.226 e. The first kappa shape index (κ1) is 13.1. The van der Waals surface area contributed by atoms with Gasteiger partial charge in [-0.05, 0) is 12.8 Å². The van der Waals surface area contributed by atoms with Crippen LogP contribution < -0.4 is 10.6 Å². The maximum atomic E-state index is 4.54. The molecule has 1 aliphatic rings. The third-order valence-electron chi connectivity index (χ3n) is 3.96. The van der Waals surface area contributed by atoms with Crippen molar-refractivity contribution >= 4 is 22.9 Å². The van der Waals surface area contributed by atoms with Gasteiger partial charge in [0.05, 0.1) is 6.33 Å². The van der Waals surface area contributed by atoms with E-state index >= 15 is 0 Å². The van der Waals surface area contributed by atoms with Crippen LogP contribution in [0.5, 0.6) is 0 Å². The van der Waals surface area contributed by atoms with Crippen molar-refractivity contribution < 1.29 is 0 Å². The maximum Gasteiger partial charge on any atom is 0.226 e. The Morgan fingerprint density at radius 1 is 1.10 bits per heavy atom. The molecule has 0 spiro atoms. The number of imidazole rings is 1. The Balaban J connectivity index is 1.82. The summed E-state index contributed by atoms with van der Waals surface area (Å²) < 4.78 is 0. The highest BCUT2D eigenvalue weighted by Gasteiger charge is 2.15. The second-order valence-electron chi connectivity index (χ2n) is 5.43. The van der Waals surface area contributed by atoms with Crippen molar-refractivity contribution in [2.45, 2.75) is 51.0 Å². The van der Waals surface area contributed by atoms with Crippen LogP contribution in [0, 0.1) is 0 Å². The molecule has 0 bridgehead atoms. The topological polar surface area (TPSA) is 78.5 Å². The molecule has 6 heteroatoms. The molecule has 6 nitrogen and oxygen atoms in total. The summed E-state index contributed by atoms with van der Waals surface area (Å²) in [5.74, 6) is 1.47. The van der Waals surface area contributed by atoms with Gasteiger partial charge in [-0.2, -0.15) is 9.97 Å². The van der Waals surface area contributed by atoms with Crippen LogP contribution in [0.25, 0.3) is 11.2 Å². The van der Waals surface area contributed by atoms with Crippen LogP contribution in [0.2, 0.25) is 0 Å². The van der Waals surface area contributed by atoms with E-state index < -0.39 is 0 Å². The summed E-state index contributed by atoms with van der Waals surface area (Å²) >= 11 is 0. The van der Waals surface area contributed by atoms with Crippen molar-refractivity contribution in [3.63, 3.8) is 0 Å². The summed E-state index contributed by atoms with van der Waals surface area (Å²) in [6.07, 6.45) is 10.8. The van der Waals surface area contributed by atoms with Gasteiger partial charge in [0.25, 0.3) is 0 Å². The maximum absolute atomic E-state index is 4.54. The van der Waals surface area contributed by atoms with Gasteiger partial charge in [0.2, 0.25) is 5.95 Å². The van der Waals surface area contributed by atoms with E-state index in [9.17, 15) is 0 Å². The fraction of sp³-hybridized carbons (Fsp3) is 0.643. The summed E-state index contributed by atoms with van der Waals surface area (Å²) in [5.41, 5.74) is 1.60. The number of aromatic amines is 1. The molecular weight excluding hydrogens is 252 g/mol. The Kier molecular flexibility index (Phi) is 3.99. The summed E-state index contributed by atoms with van der Waals surface area (Å²) in [4.78, 5) is 16.2. The third-order valence-corrected chi connectivity index (χ3v) is 3.96. The Morgan fingerprint density at radius 2 is 1.85 bits per heavy atom. The largest absolute Gasteiger partial charge is 0.365 e. The van der Waals surface area contributed by atoms with Gasteiger partial charge in [-0.15, -0.1) is 0 Å². The zero-order valence-corrected chi connectivity index (χ0v) is 11.9. The van der Waals surface area contributed by atoms with Gasteiger partial charge in [-0.1, -0.05) is 32.1 Å². The van der Waals surface area contributed by atoms with Crippen LogP contribution in [-0.2, 0) is 0 Å². The van der Waals surface area contributed by atoms with Crippen LogP contribution in [0.15, 0.2) is 6.33 Å². The Morgan fingerprint density at radius 3 is 2.60 bits per heavy atom. The molecule has 1 saturated carbocycles.